The third kappa shape index (κ3) is 5.96. The molecule has 5 nitrogen and oxygen atoms in total. The first-order valence-corrected chi connectivity index (χ1v) is 9.22. The van der Waals surface area contributed by atoms with Crippen molar-refractivity contribution in [2.45, 2.75) is 84.0 Å². The summed E-state index contributed by atoms with van der Waals surface area (Å²) in [5.41, 5.74) is -0.425. The highest BCUT2D eigenvalue weighted by atomic mass is 16.6. The van der Waals surface area contributed by atoms with Crippen LogP contribution in [0.3, 0.4) is 0 Å². The van der Waals surface area contributed by atoms with Crippen molar-refractivity contribution in [3.05, 3.63) is 0 Å². The van der Waals surface area contributed by atoms with E-state index >= 15 is 0 Å². The number of nitrogens with zero attached hydrogens (tertiary/aromatic N) is 2. The Balaban J connectivity index is 1.79. The molecule has 1 N–H and O–H groups in total. The average molecular weight is 325 g/mol. The van der Waals surface area contributed by atoms with Crippen LogP contribution in [0.5, 0.6) is 0 Å². The summed E-state index contributed by atoms with van der Waals surface area (Å²) in [4.78, 5) is 17.2. The third-order valence-corrected chi connectivity index (χ3v) is 4.96. The van der Waals surface area contributed by atoms with Gasteiger partial charge in [0.25, 0.3) is 0 Å². The molecule has 1 aliphatic heterocycles. The van der Waals surface area contributed by atoms with Crippen molar-refractivity contribution in [2.75, 3.05) is 26.2 Å². The van der Waals surface area contributed by atoms with Crippen LogP contribution in [0.1, 0.15) is 60.3 Å². The fourth-order valence-corrected chi connectivity index (χ4v) is 3.72. The molecule has 134 valence electrons. The maximum absolute atomic E-state index is 12.0. The molecule has 0 aromatic carbocycles. The van der Waals surface area contributed by atoms with Crippen LogP contribution in [0.25, 0.3) is 0 Å². The smallest absolute Gasteiger partial charge is 0.407 e. The molecule has 2 fully saturated rings. The molecule has 1 aliphatic carbocycles. The summed E-state index contributed by atoms with van der Waals surface area (Å²) in [6.45, 7) is 14.9. The van der Waals surface area contributed by atoms with E-state index in [9.17, 15) is 4.79 Å². The van der Waals surface area contributed by atoms with Crippen LogP contribution in [-0.4, -0.2) is 65.8 Å². The van der Waals surface area contributed by atoms with Crippen LogP contribution >= 0.6 is 0 Å². The van der Waals surface area contributed by atoms with Crippen LogP contribution in [0.15, 0.2) is 0 Å². The maximum atomic E-state index is 12.0. The molecule has 23 heavy (non-hydrogen) atoms. The summed E-state index contributed by atoms with van der Waals surface area (Å²) in [7, 11) is 0. The molecule has 5 heteroatoms. The van der Waals surface area contributed by atoms with Gasteiger partial charge >= 0.3 is 6.09 Å². The number of hydrogen-bond donors (Lipinski definition) is 1. The largest absolute Gasteiger partial charge is 0.444 e. The molecule has 1 amide bonds. The molecule has 0 unspecified atom stereocenters. The lowest BCUT2D eigenvalue weighted by atomic mass is 9.89. The second-order valence-electron chi connectivity index (χ2n) is 8.33. The van der Waals surface area contributed by atoms with E-state index < -0.39 is 5.60 Å². The zero-order valence-corrected chi connectivity index (χ0v) is 15.6. The lowest BCUT2D eigenvalue weighted by Crippen LogP contribution is -2.54. The minimum Gasteiger partial charge on any atom is -0.444 e. The maximum Gasteiger partial charge on any atom is 0.407 e. The monoisotopic (exact) mass is 325 g/mol. The lowest BCUT2D eigenvalue weighted by molar-refractivity contribution is 0.0407. The van der Waals surface area contributed by atoms with Gasteiger partial charge < -0.3 is 10.1 Å². The summed E-state index contributed by atoms with van der Waals surface area (Å²) >= 11 is 0. The summed E-state index contributed by atoms with van der Waals surface area (Å²) in [5, 5.41) is 3.07. The molecule has 1 heterocycles. The molecule has 2 atom stereocenters. The third-order valence-electron chi connectivity index (χ3n) is 4.96. The first-order chi connectivity index (χ1) is 10.7. The number of nitrogens with one attached hydrogen (secondary N) is 1. The highest BCUT2D eigenvalue weighted by Gasteiger charge is 2.30. The Bertz CT molecular complexity index is 384. The molecule has 0 spiro atoms. The number of amides is 1. The number of carbonyl (C=O) groups is 1. The van der Waals surface area contributed by atoms with Gasteiger partial charge in [0, 0.05) is 44.3 Å². The fourth-order valence-electron chi connectivity index (χ4n) is 3.72. The summed E-state index contributed by atoms with van der Waals surface area (Å²) in [5.74, 6) is 0. The van der Waals surface area contributed by atoms with Gasteiger partial charge in [-0.25, -0.2) is 4.79 Å². The predicted molar refractivity (Wildman–Crippen MR) is 93.7 cm³/mol. The summed E-state index contributed by atoms with van der Waals surface area (Å²) < 4.78 is 5.39. The van der Waals surface area contributed by atoms with Gasteiger partial charge in [-0.3, -0.25) is 9.80 Å². The minimum absolute atomic E-state index is 0.256. The Kier molecular flexibility index (Phi) is 6.32. The first-order valence-electron chi connectivity index (χ1n) is 9.22. The van der Waals surface area contributed by atoms with E-state index in [0.29, 0.717) is 12.1 Å². The van der Waals surface area contributed by atoms with Crippen LogP contribution < -0.4 is 5.32 Å². The van der Waals surface area contributed by atoms with Crippen LogP contribution in [0.4, 0.5) is 4.79 Å². The summed E-state index contributed by atoms with van der Waals surface area (Å²) in [6.07, 6.45) is 4.31. The molecule has 1 saturated heterocycles. The van der Waals surface area contributed by atoms with Gasteiger partial charge in [-0.05, 0) is 60.3 Å². The lowest BCUT2D eigenvalue weighted by Gasteiger charge is -2.43. The van der Waals surface area contributed by atoms with Gasteiger partial charge in [-0.15, -0.1) is 0 Å². The molecule has 0 aromatic heterocycles. The minimum atomic E-state index is -0.425. The quantitative estimate of drug-likeness (QED) is 0.866. The van der Waals surface area contributed by atoms with Crippen LogP contribution in [-0.2, 0) is 4.74 Å². The Morgan fingerprint density at radius 3 is 2.35 bits per heavy atom. The zero-order chi connectivity index (χ0) is 17.0. The number of carbonyl (C=O) groups excluding carboxylic acids is 1. The van der Waals surface area contributed by atoms with Crippen LogP contribution in [0.2, 0.25) is 0 Å². The Labute approximate surface area is 141 Å². The molecule has 0 aromatic rings. The molecule has 2 rings (SSSR count). The van der Waals surface area contributed by atoms with Crippen molar-refractivity contribution < 1.29 is 9.53 Å². The second kappa shape index (κ2) is 7.84. The van der Waals surface area contributed by atoms with E-state index in [-0.39, 0.29) is 12.1 Å². The number of alkyl carbamates (subject to hydrolysis) is 1. The van der Waals surface area contributed by atoms with Crippen molar-refractivity contribution in [2.24, 2.45) is 0 Å². The molecule has 1 saturated carbocycles. The topological polar surface area (TPSA) is 44.8 Å². The zero-order valence-electron chi connectivity index (χ0n) is 15.6. The molecule has 2 aliphatic rings. The average Bonchev–Trinajstić information content (AvgIpc) is 2.45. The second-order valence-corrected chi connectivity index (χ2v) is 8.33. The number of ether oxygens (including phenoxy) is 1. The highest BCUT2D eigenvalue weighted by Crippen LogP contribution is 2.25. The van der Waals surface area contributed by atoms with Gasteiger partial charge in [-0.1, -0.05) is 0 Å². The highest BCUT2D eigenvalue weighted by molar-refractivity contribution is 5.68. The molecule has 0 radical (unpaired) electrons. The number of rotatable bonds is 3. The van der Waals surface area contributed by atoms with Gasteiger partial charge in [0.15, 0.2) is 0 Å². The summed E-state index contributed by atoms with van der Waals surface area (Å²) in [6, 6.07) is 1.51. The SMILES string of the molecule is CC(C)N1CCN([C@@H]2CCC[C@H](NC(=O)OC(C)(C)C)C2)CC1. The van der Waals surface area contributed by atoms with Crippen molar-refractivity contribution in [3.8, 4) is 0 Å². The van der Waals surface area contributed by atoms with E-state index in [1.807, 2.05) is 20.8 Å². The Morgan fingerprint density at radius 2 is 1.78 bits per heavy atom. The normalized spacial score (nSPS) is 27.9. The van der Waals surface area contributed by atoms with Gasteiger partial charge in [-0.2, -0.15) is 0 Å². The Hall–Kier alpha value is -0.810. The van der Waals surface area contributed by atoms with E-state index in [0.717, 1.165) is 25.9 Å². The van der Waals surface area contributed by atoms with Crippen molar-refractivity contribution >= 4 is 6.09 Å². The van der Waals surface area contributed by atoms with Crippen molar-refractivity contribution in [1.29, 1.82) is 0 Å². The van der Waals surface area contributed by atoms with Gasteiger partial charge in [0.1, 0.15) is 5.60 Å². The van der Waals surface area contributed by atoms with E-state index in [4.69, 9.17) is 4.74 Å². The number of piperazine rings is 1. The molecule has 0 bridgehead atoms. The molecular weight excluding hydrogens is 290 g/mol. The van der Waals surface area contributed by atoms with Crippen molar-refractivity contribution in [3.63, 3.8) is 0 Å². The van der Waals surface area contributed by atoms with E-state index in [1.54, 1.807) is 0 Å². The van der Waals surface area contributed by atoms with Gasteiger partial charge in [0.05, 0.1) is 0 Å². The standard InChI is InChI=1S/C18H35N3O2/c1-14(2)20-9-11-21(12-10-20)16-8-6-7-15(13-16)19-17(22)23-18(3,4)5/h14-16H,6-13H2,1-5H3,(H,19,22)/t15-,16+/m0/s1. The Morgan fingerprint density at radius 1 is 1.13 bits per heavy atom. The number of hydrogen-bond acceptors (Lipinski definition) is 4. The van der Waals surface area contributed by atoms with Crippen LogP contribution in [0, 0.1) is 0 Å². The molecular formula is C18H35N3O2. The predicted octanol–water partition coefficient (Wildman–Crippen LogP) is 2.85. The van der Waals surface area contributed by atoms with Gasteiger partial charge in [0.2, 0.25) is 0 Å². The first kappa shape index (κ1) is 18.5. The van der Waals surface area contributed by atoms with E-state index in [1.165, 1.54) is 25.9 Å². The fraction of sp³-hybridized carbons (Fsp3) is 0.944. The van der Waals surface area contributed by atoms with Crippen molar-refractivity contribution in [1.82, 2.24) is 15.1 Å². The van der Waals surface area contributed by atoms with E-state index in [2.05, 4.69) is 29.0 Å².